The second kappa shape index (κ2) is 6.35. The summed E-state index contributed by atoms with van der Waals surface area (Å²) in [6.45, 7) is 2.06. The minimum Gasteiger partial charge on any atom is -0.349 e. The molecule has 1 N–H and O–H groups in total. The smallest absolute Gasteiger partial charge is 0.261 e. The highest BCUT2D eigenvalue weighted by molar-refractivity contribution is 5.78. The fourth-order valence-corrected chi connectivity index (χ4v) is 2.22. The molecule has 2 heterocycles. The van der Waals surface area contributed by atoms with Gasteiger partial charge in [0.1, 0.15) is 12.9 Å². The molecule has 0 fully saturated rings. The van der Waals surface area contributed by atoms with Gasteiger partial charge >= 0.3 is 0 Å². The molecule has 3 rings (SSSR count). The molecule has 23 heavy (non-hydrogen) atoms. The van der Waals surface area contributed by atoms with Crippen molar-refractivity contribution in [3.05, 3.63) is 64.7 Å². The average Bonchev–Trinajstić information content (AvgIpc) is 2.56. The molecule has 1 aromatic carbocycles. The summed E-state index contributed by atoms with van der Waals surface area (Å²) >= 11 is 0. The molecule has 0 radical (unpaired) electrons. The molecule has 0 aliphatic rings. The highest BCUT2D eigenvalue weighted by Gasteiger charge is 2.08. The van der Waals surface area contributed by atoms with Crippen molar-refractivity contribution < 1.29 is 4.79 Å². The van der Waals surface area contributed by atoms with Gasteiger partial charge in [-0.25, -0.2) is 15.0 Å². The third kappa shape index (κ3) is 3.39. The van der Waals surface area contributed by atoms with Gasteiger partial charge in [-0.1, -0.05) is 12.1 Å². The van der Waals surface area contributed by atoms with Crippen molar-refractivity contribution in [2.75, 3.05) is 0 Å². The molecule has 7 nitrogen and oxygen atoms in total. The predicted molar refractivity (Wildman–Crippen MR) is 84.6 cm³/mol. The SMILES string of the molecule is Cc1cc(CNC(=O)Cn2cnc3ccccc3c2=O)ncn1. The number of fused-ring (bicyclic) bond motifs is 1. The van der Waals surface area contributed by atoms with E-state index >= 15 is 0 Å². The minimum atomic E-state index is -0.277. The monoisotopic (exact) mass is 309 g/mol. The molecule has 0 saturated heterocycles. The van der Waals surface area contributed by atoms with Crippen LogP contribution in [0.1, 0.15) is 11.4 Å². The van der Waals surface area contributed by atoms with E-state index in [4.69, 9.17) is 0 Å². The molecule has 2 aromatic heterocycles. The van der Waals surface area contributed by atoms with Crippen molar-refractivity contribution in [1.29, 1.82) is 0 Å². The van der Waals surface area contributed by atoms with Crippen LogP contribution in [0.4, 0.5) is 0 Å². The van der Waals surface area contributed by atoms with Crippen molar-refractivity contribution in [2.24, 2.45) is 0 Å². The molecule has 116 valence electrons. The van der Waals surface area contributed by atoms with Gasteiger partial charge in [-0.3, -0.25) is 14.2 Å². The number of aryl methyl sites for hydroxylation is 1. The predicted octanol–water partition coefficient (Wildman–Crippen LogP) is 0.811. The molecule has 3 aromatic rings. The highest BCUT2D eigenvalue weighted by atomic mass is 16.2. The van der Waals surface area contributed by atoms with Gasteiger partial charge in [0, 0.05) is 5.69 Å². The van der Waals surface area contributed by atoms with Gasteiger partial charge in [0.05, 0.1) is 29.5 Å². The fraction of sp³-hybridized carbons (Fsp3) is 0.188. The van der Waals surface area contributed by atoms with Crippen molar-refractivity contribution in [3.8, 4) is 0 Å². The second-order valence-electron chi connectivity index (χ2n) is 5.12. The van der Waals surface area contributed by atoms with Gasteiger partial charge in [0.25, 0.3) is 5.56 Å². The van der Waals surface area contributed by atoms with Crippen LogP contribution < -0.4 is 10.9 Å². The van der Waals surface area contributed by atoms with E-state index in [1.165, 1.54) is 17.2 Å². The Labute approximate surface area is 132 Å². The number of amides is 1. The molecular formula is C16H15N5O2. The number of carbonyl (C=O) groups excluding carboxylic acids is 1. The lowest BCUT2D eigenvalue weighted by molar-refractivity contribution is -0.121. The Bertz CT molecular complexity index is 919. The fourth-order valence-electron chi connectivity index (χ4n) is 2.22. The summed E-state index contributed by atoms with van der Waals surface area (Å²) in [5.41, 5.74) is 1.93. The maximum absolute atomic E-state index is 12.3. The lowest BCUT2D eigenvalue weighted by Crippen LogP contribution is -2.32. The van der Waals surface area contributed by atoms with E-state index < -0.39 is 0 Å². The van der Waals surface area contributed by atoms with Crippen LogP contribution in [0, 0.1) is 6.92 Å². The lowest BCUT2D eigenvalue weighted by atomic mass is 10.2. The molecule has 0 atom stereocenters. The molecule has 0 saturated carbocycles. The van der Waals surface area contributed by atoms with Crippen LogP contribution >= 0.6 is 0 Å². The van der Waals surface area contributed by atoms with Crippen molar-refractivity contribution >= 4 is 16.8 Å². The topological polar surface area (TPSA) is 89.8 Å². The zero-order chi connectivity index (χ0) is 16.2. The molecule has 0 aliphatic carbocycles. The van der Waals surface area contributed by atoms with Gasteiger partial charge in [0.15, 0.2) is 0 Å². The Kier molecular flexibility index (Phi) is 4.09. The average molecular weight is 309 g/mol. The first kappa shape index (κ1) is 14.8. The van der Waals surface area contributed by atoms with E-state index in [-0.39, 0.29) is 24.6 Å². The standard InChI is InChI=1S/C16H15N5O2/c1-11-6-12(19-9-18-11)7-17-15(22)8-21-10-20-14-5-3-2-4-13(14)16(21)23/h2-6,9-10H,7-8H2,1H3,(H,17,22). The van der Waals surface area contributed by atoms with Crippen LogP contribution in [0.5, 0.6) is 0 Å². The number of carbonyl (C=O) groups is 1. The summed E-state index contributed by atoms with van der Waals surface area (Å²) in [5, 5.41) is 3.23. The molecule has 7 heteroatoms. The number of nitrogens with zero attached hydrogens (tertiary/aromatic N) is 4. The molecule has 0 unspecified atom stereocenters. The number of hydrogen-bond donors (Lipinski definition) is 1. The van der Waals surface area contributed by atoms with Gasteiger partial charge < -0.3 is 5.32 Å². The summed E-state index contributed by atoms with van der Waals surface area (Å²) in [6.07, 6.45) is 2.84. The molecule has 1 amide bonds. The number of rotatable bonds is 4. The van der Waals surface area contributed by atoms with Crippen molar-refractivity contribution in [1.82, 2.24) is 24.8 Å². The van der Waals surface area contributed by atoms with E-state index in [0.717, 1.165) is 11.4 Å². The summed E-state index contributed by atoms with van der Waals surface area (Å²) < 4.78 is 1.29. The van der Waals surface area contributed by atoms with Crippen LogP contribution in [-0.4, -0.2) is 25.4 Å². The first-order valence-electron chi connectivity index (χ1n) is 7.12. The van der Waals surface area contributed by atoms with E-state index in [1.54, 1.807) is 24.3 Å². The second-order valence-corrected chi connectivity index (χ2v) is 5.12. The summed E-state index contributed by atoms with van der Waals surface area (Å²) in [4.78, 5) is 36.6. The third-order valence-electron chi connectivity index (χ3n) is 3.37. The maximum atomic E-state index is 12.3. The van der Waals surface area contributed by atoms with Gasteiger partial charge in [-0.05, 0) is 25.1 Å². The van der Waals surface area contributed by atoms with Crippen LogP contribution in [-0.2, 0) is 17.9 Å². The van der Waals surface area contributed by atoms with Gasteiger partial charge in [-0.2, -0.15) is 0 Å². The minimum absolute atomic E-state index is 0.0826. The highest BCUT2D eigenvalue weighted by Crippen LogP contribution is 2.04. The Morgan fingerprint density at radius 3 is 2.87 bits per heavy atom. The van der Waals surface area contributed by atoms with E-state index in [2.05, 4.69) is 20.3 Å². The van der Waals surface area contributed by atoms with E-state index in [1.807, 2.05) is 13.0 Å². The first-order valence-corrected chi connectivity index (χ1v) is 7.12. The Balaban J connectivity index is 1.71. The number of para-hydroxylation sites is 1. The molecule has 0 aliphatic heterocycles. The zero-order valence-corrected chi connectivity index (χ0v) is 12.6. The van der Waals surface area contributed by atoms with E-state index in [0.29, 0.717) is 10.9 Å². The summed E-state index contributed by atoms with van der Waals surface area (Å²) in [6, 6.07) is 8.84. The zero-order valence-electron chi connectivity index (χ0n) is 12.6. The maximum Gasteiger partial charge on any atom is 0.261 e. The largest absolute Gasteiger partial charge is 0.349 e. The Morgan fingerprint density at radius 1 is 1.22 bits per heavy atom. The number of aromatic nitrogens is 4. The quantitative estimate of drug-likeness (QED) is 0.770. The van der Waals surface area contributed by atoms with Crippen LogP contribution in [0.2, 0.25) is 0 Å². The van der Waals surface area contributed by atoms with Crippen LogP contribution in [0.25, 0.3) is 10.9 Å². The molecule has 0 spiro atoms. The number of hydrogen-bond acceptors (Lipinski definition) is 5. The van der Waals surface area contributed by atoms with Crippen molar-refractivity contribution in [2.45, 2.75) is 20.0 Å². The Hall–Kier alpha value is -3.09. The Morgan fingerprint density at radius 2 is 2.04 bits per heavy atom. The third-order valence-corrected chi connectivity index (χ3v) is 3.37. The number of benzene rings is 1. The molecular weight excluding hydrogens is 294 g/mol. The van der Waals surface area contributed by atoms with Gasteiger partial charge in [-0.15, -0.1) is 0 Å². The van der Waals surface area contributed by atoms with Crippen LogP contribution in [0.3, 0.4) is 0 Å². The lowest BCUT2D eigenvalue weighted by Gasteiger charge is -2.08. The molecule has 0 bridgehead atoms. The summed E-state index contributed by atoms with van der Waals surface area (Å²) in [7, 11) is 0. The normalized spacial score (nSPS) is 10.7. The van der Waals surface area contributed by atoms with Gasteiger partial charge in [0.2, 0.25) is 5.91 Å². The number of nitrogens with one attached hydrogen (secondary N) is 1. The van der Waals surface area contributed by atoms with Crippen molar-refractivity contribution in [3.63, 3.8) is 0 Å². The van der Waals surface area contributed by atoms with E-state index in [9.17, 15) is 9.59 Å². The van der Waals surface area contributed by atoms with Crippen LogP contribution in [0.15, 0.2) is 47.8 Å². The summed E-state index contributed by atoms with van der Waals surface area (Å²) in [5.74, 6) is -0.277. The first-order chi connectivity index (χ1) is 11.1.